The third-order valence-corrected chi connectivity index (χ3v) is 6.77. The first-order valence-corrected chi connectivity index (χ1v) is 4.96. The average molecular weight is 161 g/mol. The second kappa shape index (κ2) is 0.880. The van der Waals surface area contributed by atoms with E-state index in [1.807, 2.05) is 0 Å². The van der Waals surface area contributed by atoms with Gasteiger partial charge in [0, 0.05) is 22.0 Å². The molecule has 4 fully saturated rings. The summed E-state index contributed by atoms with van der Waals surface area (Å²) in [4.78, 5) is 0. The Morgan fingerprint density at radius 2 is 1.42 bits per heavy atom. The predicted molar refractivity (Wildman–Crippen MR) is 47.2 cm³/mol. The van der Waals surface area contributed by atoms with E-state index in [4.69, 9.17) is 5.41 Å². The van der Waals surface area contributed by atoms with E-state index in [1.165, 1.54) is 6.42 Å². The molecular formula is C11H15N. The second-order valence-corrected chi connectivity index (χ2v) is 6.22. The third kappa shape index (κ3) is 0.179. The first kappa shape index (κ1) is 6.17. The van der Waals surface area contributed by atoms with Gasteiger partial charge in [-0.25, -0.2) is 0 Å². The lowest BCUT2D eigenvalue weighted by atomic mass is 9.81. The maximum absolute atomic E-state index is 7.84. The van der Waals surface area contributed by atoms with Gasteiger partial charge in [0.25, 0.3) is 0 Å². The lowest BCUT2D eigenvalue weighted by Crippen LogP contribution is -2.23. The van der Waals surface area contributed by atoms with Gasteiger partial charge in [0.2, 0.25) is 0 Å². The molecule has 1 N–H and O–H groups in total. The van der Waals surface area contributed by atoms with Crippen LogP contribution in [-0.4, -0.2) is 5.71 Å². The Kier molecular flexibility index (Phi) is 0.453. The quantitative estimate of drug-likeness (QED) is 0.564. The standard InChI is InChI=1S/C11H15N/c1-7-5-8(7,2)11(7)9(3)6(12)10(9,11)4/h12H,5H2,1-4H3. The zero-order valence-corrected chi connectivity index (χ0v) is 8.21. The number of nitrogens with one attached hydrogen (secondary N) is 1. The summed E-state index contributed by atoms with van der Waals surface area (Å²) in [5.74, 6) is 0. The zero-order valence-electron chi connectivity index (χ0n) is 8.21. The molecule has 1 spiro atoms. The van der Waals surface area contributed by atoms with Crippen LogP contribution in [0.25, 0.3) is 0 Å². The van der Waals surface area contributed by atoms with Crippen molar-refractivity contribution in [3.63, 3.8) is 0 Å². The molecular weight excluding hydrogens is 146 g/mol. The van der Waals surface area contributed by atoms with E-state index in [0.717, 1.165) is 5.71 Å². The molecule has 1 heteroatoms. The van der Waals surface area contributed by atoms with Crippen LogP contribution in [0.3, 0.4) is 0 Å². The fraction of sp³-hybridized carbons (Fsp3) is 0.909. The Bertz CT molecular complexity index is 350. The molecule has 0 heterocycles. The van der Waals surface area contributed by atoms with Gasteiger partial charge >= 0.3 is 0 Å². The fourth-order valence-corrected chi connectivity index (χ4v) is 6.00. The van der Waals surface area contributed by atoms with Crippen molar-refractivity contribution in [1.29, 1.82) is 5.41 Å². The maximum Gasteiger partial charge on any atom is 0.0246 e. The minimum absolute atomic E-state index is 0.349. The summed E-state index contributed by atoms with van der Waals surface area (Å²) >= 11 is 0. The summed E-state index contributed by atoms with van der Waals surface area (Å²) < 4.78 is 0. The van der Waals surface area contributed by atoms with E-state index in [1.54, 1.807) is 0 Å². The molecule has 0 aromatic carbocycles. The number of rotatable bonds is 0. The van der Waals surface area contributed by atoms with Gasteiger partial charge in [0.1, 0.15) is 0 Å². The highest BCUT2D eigenvalue weighted by molar-refractivity contribution is 6.23. The predicted octanol–water partition coefficient (Wildman–Crippen LogP) is 2.46. The zero-order chi connectivity index (χ0) is 8.78. The molecule has 1 nitrogen and oxygen atoms in total. The Hall–Kier alpha value is -0.330. The van der Waals surface area contributed by atoms with Gasteiger partial charge in [-0.3, -0.25) is 0 Å². The van der Waals surface area contributed by atoms with Crippen LogP contribution in [0.15, 0.2) is 0 Å². The molecule has 4 aliphatic rings. The topological polar surface area (TPSA) is 23.9 Å². The monoisotopic (exact) mass is 161 g/mol. The largest absolute Gasteiger partial charge is 0.308 e. The summed E-state index contributed by atoms with van der Waals surface area (Å²) in [6.07, 6.45) is 1.43. The van der Waals surface area contributed by atoms with Gasteiger partial charge in [-0.1, -0.05) is 27.7 Å². The van der Waals surface area contributed by atoms with Crippen LogP contribution in [0.5, 0.6) is 0 Å². The van der Waals surface area contributed by atoms with E-state index >= 15 is 0 Å². The molecule has 0 aliphatic heterocycles. The van der Waals surface area contributed by atoms with Crippen LogP contribution < -0.4 is 0 Å². The van der Waals surface area contributed by atoms with Gasteiger partial charge in [-0.05, 0) is 17.3 Å². The summed E-state index contributed by atoms with van der Waals surface area (Å²) in [6.45, 7) is 9.50. The van der Waals surface area contributed by atoms with Crippen molar-refractivity contribution in [3.05, 3.63) is 0 Å². The molecule has 0 aromatic heterocycles. The van der Waals surface area contributed by atoms with Crippen molar-refractivity contribution >= 4 is 5.71 Å². The van der Waals surface area contributed by atoms with E-state index in [9.17, 15) is 0 Å². The first-order valence-electron chi connectivity index (χ1n) is 4.96. The molecule has 0 bridgehead atoms. The van der Waals surface area contributed by atoms with E-state index in [2.05, 4.69) is 27.7 Å². The van der Waals surface area contributed by atoms with Crippen molar-refractivity contribution in [1.82, 2.24) is 0 Å². The second-order valence-electron chi connectivity index (χ2n) is 6.22. The minimum Gasteiger partial charge on any atom is -0.308 e. The molecule has 12 heavy (non-hydrogen) atoms. The Morgan fingerprint density at radius 1 is 1.00 bits per heavy atom. The van der Waals surface area contributed by atoms with Gasteiger partial charge in [-0.15, -0.1) is 0 Å². The molecule has 0 radical (unpaired) electrons. The Morgan fingerprint density at radius 3 is 1.50 bits per heavy atom. The van der Waals surface area contributed by atoms with Crippen molar-refractivity contribution in [2.45, 2.75) is 34.1 Å². The lowest BCUT2D eigenvalue weighted by Gasteiger charge is -2.22. The van der Waals surface area contributed by atoms with Crippen LogP contribution in [0.1, 0.15) is 34.1 Å². The molecule has 64 valence electrons. The van der Waals surface area contributed by atoms with Gasteiger partial charge in [-0.2, -0.15) is 0 Å². The maximum atomic E-state index is 7.84. The van der Waals surface area contributed by atoms with Crippen LogP contribution in [-0.2, 0) is 0 Å². The summed E-state index contributed by atoms with van der Waals surface area (Å²) in [7, 11) is 0. The number of hydrogen-bond donors (Lipinski definition) is 1. The summed E-state index contributed by atoms with van der Waals surface area (Å²) in [6, 6.07) is 0. The molecule has 4 aliphatic carbocycles. The highest BCUT2D eigenvalue weighted by Crippen LogP contribution is 3.21. The van der Waals surface area contributed by atoms with Crippen molar-refractivity contribution < 1.29 is 0 Å². The Balaban J connectivity index is 1.93. The highest BCUT2D eigenvalue weighted by atomic mass is 15.2. The van der Waals surface area contributed by atoms with E-state index in [0.29, 0.717) is 27.1 Å². The molecule has 0 aromatic rings. The molecule has 0 amide bonds. The van der Waals surface area contributed by atoms with Crippen LogP contribution in [0.2, 0.25) is 0 Å². The summed E-state index contributed by atoms with van der Waals surface area (Å²) in [5, 5.41) is 7.84. The van der Waals surface area contributed by atoms with Crippen LogP contribution in [0, 0.1) is 32.5 Å². The molecule has 4 saturated carbocycles. The lowest BCUT2D eigenvalue weighted by molar-refractivity contribution is 0.340. The molecule has 4 rings (SSSR count). The van der Waals surface area contributed by atoms with Crippen molar-refractivity contribution in [2.75, 3.05) is 0 Å². The summed E-state index contributed by atoms with van der Waals surface area (Å²) in [5.41, 5.74) is 3.65. The number of fused-ring (bicyclic) bond motifs is 6. The van der Waals surface area contributed by atoms with Gasteiger partial charge < -0.3 is 5.41 Å². The Labute approximate surface area is 73.1 Å². The van der Waals surface area contributed by atoms with Crippen molar-refractivity contribution in [2.24, 2.45) is 27.1 Å². The minimum atomic E-state index is 0.349. The van der Waals surface area contributed by atoms with Crippen molar-refractivity contribution in [3.8, 4) is 0 Å². The molecule has 0 saturated heterocycles. The average Bonchev–Trinajstić information content (AvgIpc) is 2.83. The van der Waals surface area contributed by atoms with E-state index < -0.39 is 0 Å². The van der Waals surface area contributed by atoms with E-state index in [-0.39, 0.29) is 0 Å². The molecule has 4 unspecified atom stereocenters. The number of hydrogen-bond acceptors (Lipinski definition) is 1. The van der Waals surface area contributed by atoms with Crippen LogP contribution in [0.4, 0.5) is 0 Å². The van der Waals surface area contributed by atoms with Crippen LogP contribution >= 0.6 is 0 Å². The highest BCUT2D eigenvalue weighted by Gasteiger charge is 3.21. The first-order chi connectivity index (χ1) is 5.36. The SMILES string of the molecule is CC12CC1(C)C21C2(C)C(=N)C21C. The molecule has 4 atom stereocenters. The van der Waals surface area contributed by atoms with Gasteiger partial charge in [0.05, 0.1) is 0 Å². The third-order valence-electron chi connectivity index (χ3n) is 6.77. The smallest absolute Gasteiger partial charge is 0.0246 e. The normalized spacial score (nSPS) is 86.2. The van der Waals surface area contributed by atoms with Gasteiger partial charge in [0.15, 0.2) is 0 Å². The fourth-order valence-electron chi connectivity index (χ4n) is 6.00.